The fourth-order valence-electron chi connectivity index (χ4n) is 7.42. The van der Waals surface area contributed by atoms with E-state index in [4.69, 9.17) is 4.74 Å². The predicted octanol–water partition coefficient (Wildman–Crippen LogP) is 7.61. The third kappa shape index (κ3) is 4.64. The summed E-state index contributed by atoms with van der Waals surface area (Å²) in [5.41, 5.74) is 2.62. The van der Waals surface area contributed by atoms with E-state index >= 15 is 0 Å². The van der Waals surface area contributed by atoms with Crippen LogP contribution in [0.2, 0.25) is 0 Å². The molecular formula is C30H35F3O2. The van der Waals surface area contributed by atoms with Crippen molar-refractivity contribution in [3.05, 3.63) is 76.9 Å². The third-order valence-corrected chi connectivity index (χ3v) is 8.91. The normalized spacial score (nSPS) is 29.7. The number of unbranched alkanes of at least 4 members (excludes halogenated alkanes) is 1. The lowest BCUT2D eigenvalue weighted by atomic mass is 9.52. The van der Waals surface area contributed by atoms with Gasteiger partial charge in [-0.2, -0.15) is 13.2 Å². The minimum atomic E-state index is -4.27. The molecule has 1 N–H and O–H groups in total. The Bertz CT molecular complexity index is 1060. The molecule has 2 nitrogen and oxygen atoms in total. The van der Waals surface area contributed by atoms with Gasteiger partial charge in [0.05, 0.1) is 0 Å². The second-order valence-corrected chi connectivity index (χ2v) is 10.9. The molecule has 1 saturated carbocycles. The van der Waals surface area contributed by atoms with E-state index in [1.807, 2.05) is 43.3 Å². The van der Waals surface area contributed by atoms with Crippen LogP contribution < -0.4 is 4.74 Å². The summed E-state index contributed by atoms with van der Waals surface area (Å²) in [5, 5.41) is 9.22. The maximum absolute atomic E-state index is 14.1. The van der Waals surface area contributed by atoms with Gasteiger partial charge >= 0.3 is 6.18 Å². The van der Waals surface area contributed by atoms with Gasteiger partial charge in [-0.05, 0) is 91.0 Å². The van der Waals surface area contributed by atoms with Crippen molar-refractivity contribution < 1.29 is 23.0 Å². The number of hydrogen-bond donors (Lipinski definition) is 1. The van der Waals surface area contributed by atoms with Gasteiger partial charge in [0.1, 0.15) is 12.4 Å². The number of fused-ring (bicyclic) bond motifs is 5. The first-order valence-corrected chi connectivity index (χ1v) is 13.0. The number of benzene rings is 2. The number of aliphatic hydroxyl groups excluding tert-OH is 1. The molecule has 0 saturated heterocycles. The van der Waals surface area contributed by atoms with Crippen LogP contribution in [0.5, 0.6) is 5.75 Å². The number of aryl methyl sites for hydroxylation is 1. The van der Waals surface area contributed by atoms with Crippen molar-refractivity contribution in [2.45, 2.75) is 70.6 Å². The zero-order valence-electron chi connectivity index (χ0n) is 20.4. The Balaban J connectivity index is 1.37. The Kier molecular flexibility index (Phi) is 6.73. The second kappa shape index (κ2) is 9.65. The van der Waals surface area contributed by atoms with Crippen molar-refractivity contribution in [1.82, 2.24) is 0 Å². The van der Waals surface area contributed by atoms with Gasteiger partial charge in [0.25, 0.3) is 0 Å². The lowest BCUT2D eigenvalue weighted by molar-refractivity contribution is -0.115. The second-order valence-electron chi connectivity index (χ2n) is 10.9. The SMILES string of the molecule is CC12CCC3c4ccc(OCc5ccccc5)cc4CCC3C1C(CCCCO)C=C2C(F)(F)F. The Morgan fingerprint density at radius 3 is 2.60 bits per heavy atom. The number of allylic oxidation sites excluding steroid dienone is 2. The standard InChI is InChI=1S/C30H35F3O2/c1-29-15-14-25-24-13-11-23(35-19-20-7-3-2-4-8-20)17-21(24)10-12-26(25)28(29)22(9-5-6-16-34)18-27(29)30(31,32)33/h2-4,7-8,11,13,17-18,22,25-26,28,34H,5-6,9-10,12,14-16,19H2,1H3. The molecule has 0 bridgehead atoms. The van der Waals surface area contributed by atoms with E-state index in [-0.39, 0.29) is 29.9 Å². The van der Waals surface area contributed by atoms with Crippen LogP contribution in [-0.4, -0.2) is 17.9 Å². The fraction of sp³-hybridized carbons (Fsp3) is 0.533. The molecule has 5 heteroatoms. The van der Waals surface area contributed by atoms with Crippen LogP contribution in [0, 0.1) is 23.2 Å². The molecule has 3 aliphatic rings. The summed E-state index contributed by atoms with van der Waals surface area (Å²) in [5.74, 6) is 1.37. The molecule has 5 unspecified atom stereocenters. The largest absolute Gasteiger partial charge is 0.489 e. The van der Waals surface area contributed by atoms with Gasteiger partial charge in [-0.25, -0.2) is 0 Å². The molecule has 0 amide bonds. The van der Waals surface area contributed by atoms with Crippen LogP contribution in [0.1, 0.15) is 68.1 Å². The highest BCUT2D eigenvalue weighted by Gasteiger charge is 2.60. The first kappa shape index (κ1) is 24.4. The molecular weight excluding hydrogens is 449 g/mol. The number of alkyl halides is 3. The number of halogens is 3. The summed E-state index contributed by atoms with van der Waals surface area (Å²) in [6.45, 7) is 2.49. The van der Waals surface area contributed by atoms with Crippen molar-refractivity contribution in [2.75, 3.05) is 6.61 Å². The highest BCUT2D eigenvalue weighted by Crippen LogP contribution is 2.65. The predicted molar refractivity (Wildman–Crippen MR) is 131 cm³/mol. The van der Waals surface area contributed by atoms with Crippen molar-refractivity contribution in [2.24, 2.45) is 23.2 Å². The van der Waals surface area contributed by atoms with Crippen molar-refractivity contribution in [1.29, 1.82) is 0 Å². The summed E-state index contributed by atoms with van der Waals surface area (Å²) in [6, 6.07) is 16.4. The van der Waals surface area contributed by atoms with Gasteiger partial charge in [0.15, 0.2) is 0 Å². The first-order chi connectivity index (χ1) is 16.8. The molecule has 0 aromatic heterocycles. The first-order valence-electron chi connectivity index (χ1n) is 13.0. The molecule has 1 fully saturated rings. The molecule has 0 radical (unpaired) electrons. The molecule has 0 heterocycles. The molecule has 5 atom stereocenters. The lowest BCUT2D eigenvalue weighted by Gasteiger charge is -2.52. The number of ether oxygens (including phenoxy) is 1. The molecule has 2 aromatic rings. The Morgan fingerprint density at radius 2 is 1.86 bits per heavy atom. The van der Waals surface area contributed by atoms with Crippen LogP contribution >= 0.6 is 0 Å². The van der Waals surface area contributed by atoms with Gasteiger partial charge in [0, 0.05) is 17.6 Å². The molecule has 3 aliphatic carbocycles. The Hall–Kier alpha value is -2.27. The molecule has 5 rings (SSSR count). The summed E-state index contributed by atoms with van der Waals surface area (Å²) in [6.07, 6.45) is 2.62. The monoisotopic (exact) mass is 484 g/mol. The Labute approximate surface area is 206 Å². The van der Waals surface area contributed by atoms with Gasteiger partial charge in [-0.1, -0.05) is 55.8 Å². The molecule has 0 aliphatic heterocycles. The van der Waals surface area contributed by atoms with Crippen LogP contribution in [-0.2, 0) is 13.0 Å². The zero-order chi connectivity index (χ0) is 24.6. The lowest BCUT2D eigenvalue weighted by Crippen LogP contribution is -2.45. The molecule has 2 aromatic carbocycles. The van der Waals surface area contributed by atoms with Crippen molar-refractivity contribution in [3.8, 4) is 5.75 Å². The van der Waals surface area contributed by atoms with E-state index in [9.17, 15) is 18.3 Å². The van der Waals surface area contributed by atoms with Gasteiger partial charge in [-0.3, -0.25) is 0 Å². The molecule has 188 valence electrons. The van der Waals surface area contributed by atoms with E-state index < -0.39 is 11.6 Å². The van der Waals surface area contributed by atoms with E-state index in [0.717, 1.165) is 43.4 Å². The van der Waals surface area contributed by atoms with E-state index in [1.165, 1.54) is 11.1 Å². The van der Waals surface area contributed by atoms with E-state index in [2.05, 4.69) is 12.1 Å². The quantitative estimate of drug-likeness (QED) is 0.324. The number of aliphatic hydroxyl groups is 1. The van der Waals surface area contributed by atoms with Crippen molar-refractivity contribution in [3.63, 3.8) is 0 Å². The summed E-state index contributed by atoms with van der Waals surface area (Å²) in [7, 11) is 0. The van der Waals surface area contributed by atoms with Crippen LogP contribution in [0.25, 0.3) is 0 Å². The smallest absolute Gasteiger partial charge is 0.412 e. The van der Waals surface area contributed by atoms with Gasteiger partial charge in [0.2, 0.25) is 0 Å². The molecule has 0 spiro atoms. The molecule has 35 heavy (non-hydrogen) atoms. The van der Waals surface area contributed by atoms with E-state index in [0.29, 0.717) is 25.4 Å². The van der Waals surface area contributed by atoms with E-state index in [1.54, 1.807) is 6.08 Å². The minimum absolute atomic E-state index is 0.0127. The average molecular weight is 485 g/mol. The summed E-state index contributed by atoms with van der Waals surface area (Å²) < 4.78 is 48.4. The third-order valence-electron chi connectivity index (χ3n) is 8.91. The Morgan fingerprint density at radius 1 is 1.06 bits per heavy atom. The van der Waals surface area contributed by atoms with Crippen LogP contribution in [0.3, 0.4) is 0 Å². The highest BCUT2D eigenvalue weighted by molar-refractivity contribution is 5.42. The number of hydrogen-bond acceptors (Lipinski definition) is 2. The van der Waals surface area contributed by atoms with Gasteiger partial charge in [-0.15, -0.1) is 0 Å². The van der Waals surface area contributed by atoms with Crippen LogP contribution in [0.4, 0.5) is 13.2 Å². The fourth-order valence-corrected chi connectivity index (χ4v) is 7.42. The topological polar surface area (TPSA) is 29.5 Å². The summed E-state index contributed by atoms with van der Waals surface area (Å²) in [4.78, 5) is 0. The highest BCUT2D eigenvalue weighted by atomic mass is 19.4. The maximum atomic E-state index is 14.1. The maximum Gasteiger partial charge on any atom is 0.412 e. The van der Waals surface area contributed by atoms with Crippen molar-refractivity contribution >= 4 is 0 Å². The average Bonchev–Trinajstić information content (AvgIpc) is 3.16. The minimum Gasteiger partial charge on any atom is -0.489 e. The zero-order valence-corrected chi connectivity index (χ0v) is 20.4. The van der Waals surface area contributed by atoms with Crippen LogP contribution in [0.15, 0.2) is 60.2 Å². The van der Waals surface area contributed by atoms with Gasteiger partial charge < -0.3 is 9.84 Å². The summed E-state index contributed by atoms with van der Waals surface area (Å²) >= 11 is 0. The number of rotatable bonds is 7.